The topological polar surface area (TPSA) is 102 Å². The van der Waals surface area contributed by atoms with Crippen molar-refractivity contribution in [2.45, 2.75) is 65.6 Å². The molecule has 2 aromatic carbocycles. The number of carbonyl (C=O) groups excluding carboxylic acids is 1. The third-order valence-electron chi connectivity index (χ3n) is 8.83. The fourth-order valence-corrected chi connectivity index (χ4v) is 6.90. The highest BCUT2D eigenvalue weighted by molar-refractivity contribution is 6.20. The molecule has 2 aromatic heterocycles. The highest BCUT2D eigenvalue weighted by Crippen LogP contribution is 2.46. The van der Waals surface area contributed by atoms with E-state index in [4.69, 9.17) is 15.6 Å². The molecule has 4 heterocycles. The third-order valence-corrected chi connectivity index (χ3v) is 8.83. The number of fused-ring (bicyclic) bond motifs is 10. The van der Waals surface area contributed by atoms with E-state index in [0.29, 0.717) is 12.3 Å². The fraction of sp³-hybridized carbons (Fsp3) is 0.500. The SMILES string of the molecule is CC(=N)c1ccc2c(c1)c1c3c(c4c(c1n2CCCN1CCN(C)CC1)CCc1nn(C)cc1-4)C(=O)NC3.CC(C)(C)O. The van der Waals surface area contributed by atoms with Crippen molar-refractivity contribution >= 4 is 33.4 Å². The summed E-state index contributed by atoms with van der Waals surface area (Å²) in [6, 6.07) is 6.44. The number of aryl methyl sites for hydroxylation is 4. The number of amides is 1. The lowest BCUT2D eigenvalue weighted by atomic mass is 9.82. The molecule has 9 heteroatoms. The summed E-state index contributed by atoms with van der Waals surface area (Å²) >= 11 is 0. The van der Waals surface area contributed by atoms with Crippen molar-refractivity contribution in [3.63, 3.8) is 0 Å². The summed E-state index contributed by atoms with van der Waals surface area (Å²) in [5, 5.41) is 27.0. The Hall–Kier alpha value is -3.53. The number of aromatic nitrogens is 3. The molecule has 0 spiro atoms. The Labute approximate surface area is 254 Å². The van der Waals surface area contributed by atoms with Gasteiger partial charge in [-0.2, -0.15) is 5.10 Å². The van der Waals surface area contributed by atoms with Crippen molar-refractivity contribution in [2.75, 3.05) is 39.8 Å². The number of nitrogens with one attached hydrogen (secondary N) is 2. The van der Waals surface area contributed by atoms with E-state index in [1.165, 1.54) is 22.0 Å². The maximum atomic E-state index is 13.3. The Morgan fingerprint density at radius 2 is 1.77 bits per heavy atom. The number of nitrogens with zero attached hydrogens (tertiary/aromatic N) is 5. The molecule has 0 atom stereocenters. The molecule has 43 heavy (non-hydrogen) atoms. The van der Waals surface area contributed by atoms with Crippen LogP contribution in [0.3, 0.4) is 0 Å². The average molecular weight is 584 g/mol. The number of piperazine rings is 1. The summed E-state index contributed by atoms with van der Waals surface area (Å²) in [5.41, 5.74) is 9.96. The van der Waals surface area contributed by atoms with Crippen molar-refractivity contribution in [2.24, 2.45) is 7.05 Å². The molecule has 1 amide bonds. The molecule has 0 saturated carbocycles. The molecule has 3 aliphatic rings. The number of likely N-dealkylation sites (N-methyl/N-ethyl adjacent to an activating group) is 1. The molecular formula is C34H45N7O2. The van der Waals surface area contributed by atoms with Gasteiger partial charge in [0.15, 0.2) is 0 Å². The van der Waals surface area contributed by atoms with E-state index in [1.54, 1.807) is 20.8 Å². The van der Waals surface area contributed by atoms with Crippen LogP contribution in [0.1, 0.15) is 66.9 Å². The zero-order chi connectivity index (χ0) is 30.6. The van der Waals surface area contributed by atoms with Gasteiger partial charge in [-0.3, -0.25) is 9.48 Å². The molecule has 1 fully saturated rings. The van der Waals surface area contributed by atoms with Crippen LogP contribution < -0.4 is 5.32 Å². The molecule has 9 nitrogen and oxygen atoms in total. The lowest BCUT2D eigenvalue weighted by Gasteiger charge is -2.32. The Balaban J connectivity index is 0.000000611. The van der Waals surface area contributed by atoms with Crippen LogP contribution >= 0.6 is 0 Å². The molecular weight excluding hydrogens is 538 g/mol. The minimum absolute atomic E-state index is 0.0187. The van der Waals surface area contributed by atoms with Gasteiger partial charge >= 0.3 is 0 Å². The summed E-state index contributed by atoms with van der Waals surface area (Å²) in [6.07, 6.45) is 4.92. The van der Waals surface area contributed by atoms with Gasteiger partial charge in [0, 0.05) is 85.6 Å². The zero-order valence-electron chi connectivity index (χ0n) is 26.5. The van der Waals surface area contributed by atoms with Crippen molar-refractivity contribution in [3.05, 3.63) is 52.3 Å². The summed E-state index contributed by atoms with van der Waals surface area (Å²) in [6.45, 7) is 14.2. The van der Waals surface area contributed by atoms with Crippen LogP contribution in [0.5, 0.6) is 0 Å². The van der Waals surface area contributed by atoms with Gasteiger partial charge in [-0.15, -0.1) is 0 Å². The quantitative estimate of drug-likeness (QED) is 0.304. The summed E-state index contributed by atoms with van der Waals surface area (Å²) in [5.74, 6) is 0.0187. The standard InChI is InChI=1S/C30H35N7O.C4H10O/c1-18(31)19-5-8-25-21(15-19)27-22-16-32-30(38)28(22)26-20(6-7-24-23(26)17-35(3)33-24)29(27)37(25)10-4-9-36-13-11-34(2)12-14-36;1-4(2,3)5/h5,8,15,17,31H,4,6-7,9-14,16H2,1-3H3,(H,32,38);5H,1-3H3. The highest BCUT2D eigenvalue weighted by Gasteiger charge is 2.35. The van der Waals surface area contributed by atoms with E-state index in [1.807, 2.05) is 18.7 Å². The van der Waals surface area contributed by atoms with Crippen molar-refractivity contribution in [3.8, 4) is 11.1 Å². The van der Waals surface area contributed by atoms with Gasteiger partial charge in [-0.05, 0) is 89.4 Å². The predicted octanol–water partition coefficient (Wildman–Crippen LogP) is 4.34. The first-order chi connectivity index (χ1) is 20.4. The molecule has 228 valence electrons. The Morgan fingerprint density at radius 1 is 1.05 bits per heavy atom. The Morgan fingerprint density at radius 3 is 2.47 bits per heavy atom. The normalized spacial score (nSPS) is 17.0. The van der Waals surface area contributed by atoms with E-state index in [9.17, 15) is 4.79 Å². The molecule has 0 radical (unpaired) electrons. The monoisotopic (exact) mass is 583 g/mol. The Kier molecular flexibility index (Phi) is 7.69. The van der Waals surface area contributed by atoms with Crippen LogP contribution in [-0.4, -0.2) is 86.2 Å². The minimum Gasteiger partial charge on any atom is -0.391 e. The van der Waals surface area contributed by atoms with Crippen molar-refractivity contribution in [1.82, 2.24) is 29.5 Å². The smallest absolute Gasteiger partial charge is 0.252 e. The van der Waals surface area contributed by atoms with E-state index in [2.05, 4.69) is 51.1 Å². The van der Waals surface area contributed by atoms with Crippen LogP contribution in [-0.2, 0) is 33.0 Å². The molecule has 7 rings (SSSR count). The van der Waals surface area contributed by atoms with Crippen molar-refractivity contribution in [1.29, 1.82) is 5.41 Å². The largest absolute Gasteiger partial charge is 0.391 e. The van der Waals surface area contributed by atoms with E-state index >= 15 is 0 Å². The van der Waals surface area contributed by atoms with Gasteiger partial charge in [0.05, 0.1) is 22.4 Å². The molecule has 2 aliphatic heterocycles. The number of benzene rings is 2. The second kappa shape index (κ2) is 11.2. The van der Waals surface area contributed by atoms with E-state index in [-0.39, 0.29) is 5.91 Å². The van der Waals surface area contributed by atoms with Crippen LogP contribution in [0, 0.1) is 5.41 Å². The van der Waals surface area contributed by atoms with Crippen LogP contribution in [0.4, 0.5) is 0 Å². The van der Waals surface area contributed by atoms with Crippen LogP contribution in [0.2, 0.25) is 0 Å². The molecule has 1 aliphatic carbocycles. The van der Waals surface area contributed by atoms with Gasteiger partial charge < -0.3 is 30.2 Å². The minimum atomic E-state index is -0.500. The zero-order valence-corrected chi connectivity index (χ0v) is 26.5. The number of rotatable bonds is 5. The second-order valence-corrected chi connectivity index (χ2v) is 13.5. The number of carbonyl (C=O) groups is 1. The molecule has 0 bridgehead atoms. The maximum absolute atomic E-state index is 13.3. The summed E-state index contributed by atoms with van der Waals surface area (Å²) in [7, 11) is 4.17. The number of hydrogen-bond donors (Lipinski definition) is 3. The summed E-state index contributed by atoms with van der Waals surface area (Å²) in [4.78, 5) is 18.3. The van der Waals surface area contributed by atoms with E-state index in [0.717, 1.165) is 97.4 Å². The van der Waals surface area contributed by atoms with Crippen LogP contribution in [0.25, 0.3) is 32.9 Å². The van der Waals surface area contributed by atoms with Crippen LogP contribution in [0.15, 0.2) is 24.4 Å². The second-order valence-electron chi connectivity index (χ2n) is 13.5. The predicted molar refractivity (Wildman–Crippen MR) is 173 cm³/mol. The molecule has 1 saturated heterocycles. The van der Waals surface area contributed by atoms with Gasteiger partial charge in [-0.1, -0.05) is 6.07 Å². The van der Waals surface area contributed by atoms with E-state index < -0.39 is 5.60 Å². The first kappa shape index (κ1) is 29.5. The molecule has 3 N–H and O–H groups in total. The lowest BCUT2D eigenvalue weighted by Crippen LogP contribution is -2.44. The number of hydrogen-bond acceptors (Lipinski definition) is 6. The van der Waals surface area contributed by atoms with Gasteiger partial charge in [0.2, 0.25) is 0 Å². The summed E-state index contributed by atoms with van der Waals surface area (Å²) < 4.78 is 4.40. The molecule has 0 unspecified atom stereocenters. The first-order valence-electron chi connectivity index (χ1n) is 15.5. The fourth-order valence-electron chi connectivity index (χ4n) is 6.90. The first-order valence-corrected chi connectivity index (χ1v) is 15.5. The van der Waals surface area contributed by atoms with Gasteiger partial charge in [-0.25, -0.2) is 0 Å². The number of aliphatic hydroxyl groups is 1. The third kappa shape index (κ3) is 5.61. The molecule has 4 aromatic rings. The highest BCUT2D eigenvalue weighted by atomic mass is 16.3. The lowest BCUT2D eigenvalue weighted by molar-refractivity contribution is 0.0965. The Bertz CT molecular complexity index is 1730. The maximum Gasteiger partial charge on any atom is 0.252 e. The van der Waals surface area contributed by atoms with Crippen molar-refractivity contribution < 1.29 is 9.90 Å². The van der Waals surface area contributed by atoms with Gasteiger partial charge in [0.1, 0.15) is 0 Å². The average Bonchev–Trinajstić information content (AvgIpc) is 3.61. The van der Waals surface area contributed by atoms with Gasteiger partial charge in [0.25, 0.3) is 5.91 Å².